The van der Waals surface area contributed by atoms with Gasteiger partial charge in [0, 0.05) is 42.4 Å². The van der Waals surface area contributed by atoms with Crippen LogP contribution in [0, 0.1) is 0 Å². The summed E-state index contributed by atoms with van der Waals surface area (Å²) < 4.78 is 6.40. The molecule has 2 aliphatic heterocycles. The van der Waals surface area contributed by atoms with E-state index in [0.717, 1.165) is 39.7 Å². The van der Waals surface area contributed by atoms with E-state index in [2.05, 4.69) is 51.7 Å². The smallest absolute Gasteiger partial charge is 0.213 e. The van der Waals surface area contributed by atoms with Gasteiger partial charge in [-0.1, -0.05) is 29.8 Å². The molecule has 3 aromatic rings. The summed E-state index contributed by atoms with van der Waals surface area (Å²) in [5, 5.41) is 9.89. The van der Waals surface area contributed by atoms with Gasteiger partial charge in [-0.2, -0.15) is 5.10 Å². The van der Waals surface area contributed by atoms with Crippen LogP contribution in [0.5, 0.6) is 5.75 Å². The predicted octanol–water partition coefficient (Wildman–Crippen LogP) is 5.71. The highest BCUT2D eigenvalue weighted by atomic mass is 35.5. The molecule has 2 unspecified atom stereocenters. The van der Waals surface area contributed by atoms with Crippen molar-refractivity contribution in [1.29, 1.82) is 0 Å². The molecule has 0 radical (unpaired) electrons. The van der Waals surface area contributed by atoms with Crippen LogP contribution in [0.3, 0.4) is 0 Å². The van der Waals surface area contributed by atoms with E-state index in [1.165, 1.54) is 4.88 Å². The average Bonchev–Trinajstić information content (AvgIpc) is 3.37. The van der Waals surface area contributed by atoms with Gasteiger partial charge in [-0.25, -0.2) is 5.01 Å². The van der Waals surface area contributed by atoms with E-state index in [1.807, 2.05) is 32.3 Å². The van der Waals surface area contributed by atoms with Crippen molar-refractivity contribution >= 4 is 34.3 Å². The molecule has 0 aliphatic carbocycles. The van der Waals surface area contributed by atoms with E-state index in [0.29, 0.717) is 0 Å². The van der Waals surface area contributed by atoms with Crippen LogP contribution >= 0.6 is 22.9 Å². The molecule has 3 heterocycles. The largest absolute Gasteiger partial charge is 0.464 e. The summed E-state index contributed by atoms with van der Waals surface area (Å²) >= 11 is 8.01. The number of halogens is 1. The first-order chi connectivity index (χ1) is 13.6. The van der Waals surface area contributed by atoms with Crippen LogP contribution in [-0.2, 0) is 0 Å². The molecule has 142 valence electrons. The summed E-state index contributed by atoms with van der Waals surface area (Å²) in [6.45, 7) is 0. The van der Waals surface area contributed by atoms with Crippen LogP contribution in [0.2, 0.25) is 5.02 Å². The number of fused-ring (bicyclic) bond motifs is 3. The molecule has 2 atom stereocenters. The Morgan fingerprint density at radius 2 is 1.96 bits per heavy atom. The summed E-state index contributed by atoms with van der Waals surface area (Å²) in [7, 11) is 4.08. The SMILES string of the molecule is CN(C)c1ccc(C2Oc3ccc(Cl)cc3C3CC(c4cccs4)=NN32)cc1. The molecule has 0 fully saturated rings. The molecular formula is C22H20ClN3OS. The zero-order valence-corrected chi connectivity index (χ0v) is 17.2. The molecule has 4 nitrogen and oxygen atoms in total. The standard InChI is InChI=1S/C22H20ClN3OS/c1-25(2)16-8-5-14(6-9-16)22-26-19(13-18(24-26)21-4-3-11-28-21)17-12-15(23)7-10-20(17)27-22/h3-12,19,22H,13H2,1-2H3. The molecule has 2 aliphatic rings. The van der Waals surface area contributed by atoms with E-state index in [9.17, 15) is 0 Å². The molecule has 1 aromatic heterocycles. The second-order valence-corrected chi connectivity index (χ2v) is 8.65. The second-order valence-electron chi connectivity index (χ2n) is 7.26. The van der Waals surface area contributed by atoms with Crippen molar-refractivity contribution < 1.29 is 4.74 Å². The Balaban J connectivity index is 1.57. The predicted molar refractivity (Wildman–Crippen MR) is 116 cm³/mol. The van der Waals surface area contributed by atoms with Gasteiger partial charge < -0.3 is 9.64 Å². The third-order valence-electron chi connectivity index (χ3n) is 5.25. The van der Waals surface area contributed by atoms with E-state index in [-0.39, 0.29) is 12.3 Å². The third-order valence-corrected chi connectivity index (χ3v) is 6.41. The first kappa shape index (κ1) is 17.6. The Bertz CT molecular complexity index is 1030. The molecule has 2 aromatic carbocycles. The molecule has 0 saturated heterocycles. The zero-order valence-electron chi connectivity index (χ0n) is 15.7. The van der Waals surface area contributed by atoms with Gasteiger partial charge in [0.25, 0.3) is 0 Å². The van der Waals surface area contributed by atoms with Gasteiger partial charge in [0.2, 0.25) is 6.23 Å². The lowest BCUT2D eigenvalue weighted by Gasteiger charge is -2.38. The van der Waals surface area contributed by atoms with Gasteiger partial charge in [-0.05, 0) is 41.8 Å². The Labute approximate surface area is 173 Å². The first-order valence-electron chi connectivity index (χ1n) is 9.23. The number of ether oxygens (including phenoxy) is 1. The minimum absolute atomic E-state index is 0.123. The molecule has 0 N–H and O–H groups in total. The molecular weight excluding hydrogens is 390 g/mol. The molecule has 0 saturated carbocycles. The molecule has 0 bridgehead atoms. The first-order valence-corrected chi connectivity index (χ1v) is 10.5. The third kappa shape index (κ3) is 2.95. The molecule has 6 heteroatoms. The molecule has 5 rings (SSSR count). The van der Waals surface area contributed by atoms with E-state index < -0.39 is 0 Å². The van der Waals surface area contributed by atoms with Gasteiger partial charge in [0.1, 0.15) is 5.75 Å². The minimum atomic E-state index is -0.257. The minimum Gasteiger partial charge on any atom is -0.464 e. The number of nitrogens with zero attached hydrogens (tertiary/aromatic N) is 3. The normalized spacial score (nSPS) is 20.2. The Morgan fingerprint density at radius 1 is 1.14 bits per heavy atom. The highest BCUT2D eigenvalue weighted by molar-refractivity contribution is 7.12. The summed E-state index contributed by atoms with van der Waals surface area (Å²) in [4.78, 5) is 3.30. The number of thiophene rings is 1. The highest BCUT2D eigenvalue weighted by Gasteiger charge is 2.41. The van der Waals surface area contributed by atoms with Crippen molar-refractivity contribution in [2.45, 2.75) is 18.7 Å². The highest BCUT2D eigenvalue weighted by Crippen LogP contribution is 2.48. The Hall–Kier alpha value is -2.50. The lowest BCUT2D eigenvalue weighted by atomic mass is 9.97. The van der Waals surface area contributed by atoms with Crippen LogP contribution < -0.4 is 9.64 Å². The molecule has 28 heavy (non-hydrogen) atoms. The van der Waals surface area contributed by atoms with E-state index >= 15 is 0 Å². The summed E-state index contributed by atoms with van der Waals surface area (Å²) in [5.74, 6) is 0.884. The van der Waals surface area contributed by atoms with Crippen molar-refractivity contribution in [3.63, 3.8) is 0 Å². The maximum atomic E-state index is 6.40. The maximum absolute atomic E-state index is 6.40. The number of benzene rings is 2. The van der Waals surface area contributed by atoms with Gasteiger partial charge in [0.15, 0.2) is 0 Å². The quantitative estimate of drug-likeness (QED) is 0.554. The number of hydrogen-bond donors (Lipinski definition) is 0. The van der Waals surface area contributed by atoms with Crippen LogP contribution in [0.4, 0.5) is 5.69 Å². The van der Waals surface area contributed by atoms with Crippen LogP contribution in [-0.4, -0.2) is 24.8 Å². The van der Waals surface area contributed by atoms with Crippen LogP contribution in [0.25, 0.3) is 0 Å². The fourth-order valence-corrected chi connectivity index (χ4v) is 4.71. The zero-order chi connectivity index (χ0) is 19.3. The van der Waals surface area contributed by atoms with E-state index in [1.54, 1.807) is 11.3 Å². The fraction of sp³-hybridized carbons (Fsp3) is 0.227. The topological polar surface area (TPSA) is 28.1 Å². The lowest BCUT2D eigenvalue weighted by molar-refractivity contribution is -0.0190. The number of hydrogen-bond acceptors (Lipinski definition) is 5. The second kappa shape index (κ2) is 6.83. The Kier molecular flexibility index (Phi) is 4.29. The van der Waals surface area contributed by atoms with Gasteiger partial charge in [-0.15, -0.1) is 11.3 Å². The summed E-state index contributed by atoms with van der Waals surface area (Å²) in [5.41, 5.74) is 4.45. The van der Waals surface area contributed by atoms with Gasteiger partial charge in [-0.3, -0.25) is 0 Å². The van der Waals surface area contributed by atoms with Gasteiger partial charge >= 0.3 is 0 Å². The number of hydrazone groups is 1. The lowest BCUT2D eigenvalue weighted by Crippen LogP contribution is -2.33. The average molecular weight is 410 g/mol. The van der Waals surface area contributed by atoms with Crippen molar-refractivity contribution in [3.05, 3.63) is 81.0 Å². The number of rotatable bonds is 3. The molecule has 0 spiro atoms. The maximum Gasteiger partial charge on any atom is 0.213 e. The number of anilines is 1. The van der Waals surface area contributed by atoms with Crippen molar-refractivity contribution in [3.8, 4) is 5.75 Å². The molecule has 0 amide bonds. The van der Waals surface area contributed by atoms with E-state index in [4.69, 9.17) is 21.4 Å². The van der Waals surface area contributed by atoms with Crippen molar-refractivity contribution in [1.82, 2.24) is 5.01 Å². The fourth-order valence-electron chi connectivity index (χ4n) is 3.81. The van der Waals surface area contributed by atoms with Crippen LogP contribution in [0.1, 0.15) is 34.7 Å². The van der Waals surface area contributed by atoms with Crippen molar-refractivity contribution in [2.24, 2.45) is 5.10 Å². The monoisotopic (exact) mass is 409 g/mol. The summed E-state index contributed by atoms with van der Waals surface area (Å²) in [6.07, 6.45) is 0.594. The summed E-state index contributed by atoms with van der Waals surface area (Å²) in [6, 6.07) is 18.7. The van der Waals surface area contributed by atoms with Crippen LogP contribution in [0.15, 0.2) is 65.1 Å². The van der Waals surface area contributed by atoms with Gasteiger partial charge in [0.05, 0.1) is 16.6 Å². The Morgan fingerprint density at radius 3 is 2.68 bits per heavy atom. The van der Waals surface area contributed by atoms with Crippen molar-refractivity contribution in [2.75, 3.05) is 19.0 Å².